The third-order valence-electron chi connectivity index (χ3n) is 1.77. The molecule has 55 valence electrons. The summed E-state index contributed by atoms with van der Waals surface area (Å²) in [6.07, 6.45) is 2.85. The Labute approximate surface area is 63.9 Å². The summed E-state index contributed by atoms with van der Waals surface area (Å²) in [5.74, 6) is -0.183. The van der Waals surface area contributed by atoms with Gasteiger partial charge in [0.25, 0.3) is 0 Å². The van der Waals surface area contributed by atoms with Gasteiger partial charge in [-0.1, -0.05) is 6.07 Å². The van der Waals surface area contributed by atoms with Gasteiger partial charge in [-0.15, -0.1) is 0 Å². The highest BCUT2D eigenvalue weighted by Gasteiger charge is 2.03. The first-order chi connectivity index (χ1) is 5.29. The van der Waals surface area contributed by atoms with Crippen molar-refractivity contribution in [1.82, 2.24) is 4.98 Å². The highest BCUT2D eigenvalue weighted by atomic mass is 19.1. The maximum absolute atomic E-state index is 13.0. The van der Waals surface area contributed by atoms with Crippen molar-refractivity contribution in [2.24, 2.45) is 0 Å². The molecule has 1 N–H and O–H groups in total. The van der Waals surface area contributed by atoms with E-state index in [0.29, 0.717) is 5.39 Å². The number of hydrogen-bond acceptors (Lipinski definition) is 0. The number of halogens is 1. The minimum atomic E-state index is -0.183. The number of fused-ring (bicyclic) bond motifs is 1. The number of benzene rings is 1. The first kappa shape index (κ1) is 6.40. The second-order valence-electron chi connectivity index (χ2n) is 2.54. The fourth-order valence-electron chi connectivity index (χ4n) is 1.23. The molecular weight excluding hydrogens is 141 g/mol. The van der Waals surface area contributed by atoms with Gasteiger partial charge in [0.1, 0.15) is 5.82 Å². The Balaban J connectivity index is 2.96. The Morgan fingerprint density at radius 2 is 2.27 bits per heavy atom. The average Bonchev–Trinajstić information content (AvgIpc) is 2.34. The number of rotatable bonds is 0. The van der Waals surface area contributed by atoms with Crippen molar-refractivity contribution in [2.45, 2.75) is 6.92 Å². The molecule has 0 aliphatic heterocycles. The lowest BCUT2D eigenvalue weighted by Crippen LogP contribution is -1.75. The molecule has 0 aliphatic rings. The van der Waals surface area contributed by atoms with Crippen LogP contribution in [0.2, 0.25) is 0 Å². The lowest BCUT2D eigenvalue weighted by Gasteiger charge is -1.91. The van der Waals surface area contributed by atoms with Crippen LogP contribution < -0.4 is 0 Å². The number of nitrogens with one attached hydrogen (secondary N) is 1. The Morgan fingerprint density at radius 1 is 1.45 bits per heavy atom. The van der Waals surface area contributed by atoms with E-state index >= 15 is 0 Å². The standard InChI is InChI=1S/C9H7FN/c1-6-5-11-8-4-2-3-7(10)9(6)8/h2-4,11H,1H3. The van der Waals surface area contributed by atoms with Crippen LogP contribution >= 0.6 is 0 Å². The Bertz CT molecular complexity index is 389. The van der Waals surface area contributed by atoms with Gasteiger partial charge in [0.15, 0.2) is 0 Å². The predicted molar refractivity (Wildman–Crippen MR) is 41.8 cm³/mol. The number of aromatic nitrogens is 1. The highest BCUT2D eigenvalue weighted by Crippen LogP contribution is 2.19. The summed E-state index contributed by atoms with van der Waals surface area (Å²) in [6, 6.07) is 4.97. The largest absolute Gasteiger partial charge is 0.353 e. The van der Waals surface area contributed by atoms with E-state index in [1.807, 2.05) is 13.0 Å². The summed E-state index contributed by atoms with van der Waals surface area (Å²) < 4.78 is 13.0. The molecule has 1 nitrogen and oxygen atoms in total. The first-order valence-electron chi connectivity index (χ1n) is 3.43. The molecule has 1 heterocycles. The van der Waals surface area contributed by atoms with Crippen molar-refractivity contribution in [1.29, 1.82) is 0 Å². The van der Waals surface area contributed by atoms with Gasteiger partial charge in [-0.2, -0.15) is 0 Å². The molecule has 1 radical (unpaired) electrons. The topological polar surface area (TPSA) is 15.8 Å². The van der Waals surface area contributed by atoms with Gasteiger partial charge in [0.2, 0.25) is 0 Å². The lowest BCUT2D eigenvalue weighted by molar-refractivity contribution is 0.639. The van der Waals surface area contributed by atoms with Crippen LogP contribution in [0.25, 0.3) is 10.9 Å². The van der Waals surface area contributed by atoms with Crippen LogP contribution in [-0.4, -0.2) is 4.98 Å². The van der Waals surface area contributed by atoms with E-state index in [9.17, 15) is 4.39 Å². The van der Waals surface area contributed by atoms with Crippen LogP contribution in [0.5, 0.6) is 0 Å². The molecule has 0 bridgehead atoms. The molecule has 2 aromatic rings. The lowest BCUT2D eigenvalue weighted by atomic mass is 10.2. The second-order valence-corrected chi connectivity index (χ2v) is 2.54. The van der Waals surface area contributed by atoms with Crippen molar-refractivity contribution < 1.29 is 4.39 Å². The van der Waals surface area contributed by atoms with E-state index < -0.39 is 0 Å². The number of hydrogen-bond donors (Lipinski definition) is 1. The molecule has 0 amide bonds. The van der Waals surface area contributed by atoms with Gasteiger partial charge in [-0.05, 0) is 24.6 Å². The fraction of sp³-hybridized carbons (Fsp3) is 0.111. The molecular formula is C9H7FN. The Morgan fingerprint density at radius 3 is 3.00 bits per heavy atom. The van der Waals surface area contributed by atoms with Gasteiger partial charge in [0, 0.05) is 10.9 Å². The Hall–Kier alpha value is -1.31. The first-order valence-corrected chi connectivity index (χ1v) is 3.43. The molecule has 0 aliphatic carbocycles. The van der Waals surface area contributed by atoms with E-state index in [1.54, 1.807) is 6.07 Å². The molecule has 2 rings (SSSR count). The fourth-order valence-corrected chi connectivity index (χ4v) is 1.23. The van der Waals surface area contributed by atoms with Crippen LogP contribution in [0.3, 0.4) is 0 Å². The molecule has 0 fully saturated rings. The number of aromatic amines is 1. The van der Waals surface area contributed by atoms with E-state index in [-0.39, 0.29) is 5.82 Å². The molecule has 0 atom stereocenters. The van der Waals surface area contributed by atoms with Crippen LogP contribution in [0.1, 0.15) is 5.56 Å². The quantitative estimate of drug-likeness (QED) is 0.590. The van der Waals surface area contributed by atoms with Crippen LogP contribution in [0.15, 0.2) is 18.2 Å². The smallest absolute Gasteiger partial charge is 0.132 e. The molecule has 0 saturated carbocycles. The van der Waals surface area contributed by atoms with E-state index in [1.165, 1.54) is 6.07 Å². The summed E-state index contributed by atoms with van der Waals surface area (Å²) in [7, 11) is 0. The molecule has 1 aromatic carbocycles. The minimum Gasteiger partial charge on any atom is -0.353 e. The zero-order valence-electron chi connectivity index (χ0n) is 6.11. The molecule has 0 saturated heterocycles. The van der Waals surface area contributed by atoms with Crippen molar-refractivity contribution in [3.05, 3.63) is 35.8 Å². The van der Waals surface area contributed by atoms with Crippen molar-refractivity contribution >= 4 is 10.9 Å². The van der Waals surface area contributed by atoms with Crippen LogP contribution in [0, 0.1) is 18.9 Å². The highest BCUT2D eigenvalue weighted by molar-refractivity contribution is 5.83. The monoisotopic (exact) mass is 148 g/mol. The molecule has 1 aromatic heterocycles. The SMILES string of the molecule is Cc1[c][nH]c2cccc(F)c12. The third-order valence-corrected chi connectivity index (χ3v) is 1.77. The summed E-state index contributed by atoms with van der Waals surface area (Å²) in [4.78, 5) is 2.86. The van der Waals surface area contributed by atoms with Gasteiger partial charge >= 0.3 is 0 Å². The second kappa shape index (κ2) is 2.09. The zero-order chi connectivity index (χ0) is 7.84. The molecule has 0 spiro atoms. The summed E-state index contributed by atoms with van der Waals surface area (Å²) in [5.41, 5.74) is 1.64. The third kappa shape index (κ3) is 0.827. The van der Waals surface area contributed by atoms with Gasteiger partial charge < -0.3 is 4.98 Å². The maximum Gasteiger partial charge on any atom is 0.132 e. The summed E-state index contributed by atoms with van der Waals surface area (Å²) in [5, 5.41) is 0.646. The predicted octanol–water partition coefficient (Wildman–Crippen LogP) is 2.42. The zero-order valence-corrected chi connectivity index (χ0v) is 6.11. The van der Waals surface area contributed by atoms with Crippen LogP contribution in [0.4, 0.5) is 4.39 Å². The Kier molecular flexibility index (Phi) is 1.22. The summed E-state index contributed by atoms with van der Waals surface area (Å²) in [6.45, 7) is 1.84. The van der Waals surface area contributed by atoms with Crippen LogP contribution in [-0.2, 0) is 0 Å². The van der Waals surface area contributed by atoms with E-state index in [2.05, 4.69) is 11.2 Å². The molecule has 11 heavy (non-hydrogen) atoms. The van der Waals surface area contributed by atoms with Gasteiger partial charge in [0.05, 0.1) is 6.20 Å². The average molecular weight is 148 g/mol. The maximum atomic E-state index is 13.0. The van der Waals surface area contributed by atoms with Gasteiger partial charge in [-0.3, -0.25) is 0 Å². The number of H-pyrrole nitrogens is 1. The number of aryl methyl sites for hydroxylation is 1. The van der Waals surface area contributed by atoms with Crippen molar-refractivity contribution in [3.8, 4) is 0 Å². The molecule has 0 unspecified atom stereocenters. The minimum absolute atomic E-state index is 0.183. The van der Waals surface area contributed by atoms with Crippen molar-refractivity contribution in [3.63, 3.8) is 0 Å². The van der Waals surface area contributed by atoms with Crippen molar-refractivity contribution in [2.75, 3.05) is 0 Å². The molecule has 2 heteroatoms. The normalized spacial score (nSPS) is 10.7. The summed E-state index contributed by atoms with van der Waals surface area (Å²) >= 11 is 0. The van der Waals surface area contributed by atoms with Gasteiger partial charge in [-0.25, -0.2) is 4.39 Å². The van der Waals surface area contributed by atoms with E-state index in [0.717, 1.165) is 11.1 Å². The van der Waals surface area contributed by atoms with E-state index in [4.69, 9.17) is 0 Å².